The van der Waals surface area contributed by atoms with Crippen LogP contribution in [-0.4, -0.2) is 23.5 Å². The number of amides is 2. The molecular weight excluding hydrogens is 250 g/mol. The maximum absolute atomic E-state index is 12.0. The maximum Gasteiger partial charge on any atom is 0.417 e. The normalized spacial score (nSPS) is 21.4. The third-order valence-corrected chi connectivity index (χ3v) is 2.96. The van der Waals surface area contributed by atoms with Crippen LogP contribution in [0.4, 0.5) is 4.79 Å². The van der Waals surface area contributed by atoms with Crippen molar-refractivity contribution in [3.63, 3.8) is 0 Å². The van der Waals surface area contributed by atoms with Gasteiger partial charge in [-0.3, -0.25) is 4.79 Å². The molecule has 0 N–H and O–H groups in total. The smallest absolute Gasteiger partial charge is 0.417 e. The lowest BCUT2D eigenvalue weighted by Gasteiger charge is -2.19. The number of benzene rings is 1. The zero-order valence-corrected chi connectivity index (χ0v) is 10.6. The molecule has 4 nitrogen and oxygen atoms in total. The van der Waals surface area contributed by atoms with Gasteiger partial charge in [-0.15, -0.1) is 0 Å². The highest BCUT2D eigenvalue weighted by atomic mass is 32.1. The van der Waals surface area contributed by atoms with E-state index in [0.717, 1.165) is 5.56 Å². The Morgan fingerprint density at radius 2 is 1.89 bits per heavy atom. The van der Waals surface area contributed by atoms with Gasteiger partial charge in [-0.2, -0.15) is 13.5 Å². The van der Waals surface area contributed by atoms with E-state index in [2.05, 4.69) is 0 Å². The fourth-order valence-corrected chi connectivity index (χ4v) is 1.97. The summed E-state index contributed by atoms with van der Waals surface area (Å²) in [6.07, 6.45) is 3.00. The average Bonchev–Trinajstić information content (AvgIpc) is 3.13. The van der Waals surface area contributed by atoms with Gasteiger partial charge in [-0.05, 0) is 5.56 Å². The van der Waals surface area contributed by atoms with Gasteiger partial charge in [-0.1, -0.05) is 42.5 Å². The van der Waals surface area contributed by atoms with Crippen molar-refractivity contribution in [3.05, 3.63) is 48.0 Å². The fraction of sp³-hybridized carbons (Fsp3) is 0.231. The van der Waals surface area contributed by atoms with Gasteiger partial charge in [0.1, 0.15) is 12.6 Å². The van der Waals surface area contributed by atoms with Crippen LogP contribution in [0.1, 0.15) is 11.6 Å². The number of cyclic esters (lactones) is 1. The van der Waals surface area contributed by atoms with E-state index >= 15 is 0 Å². The van der Waals surface area contributed by atoms with Crippen LogP contribution in [0.25, 0.3) is 0 Å². The van der Waals surface area contributed by atoms with Gasteiger partial charge in [0, 0.05) is 0 Å². The Hall–Kier alpha value is -1.75. The molecule has 94 valence electrons. The minimum Gasteiger partial charge on any atom is -0.446 e. The molecule has 1 fully saturated rings. The fourth-order valence-electron chi connectivity index (χ4n) is 1.97. The molecule has 1 heterocycles. The first-order valence-corrected chi connectivity index (χ1v) is 5.50. The van der Waals surface area contributed by atoms with Crippen molar-refractivity contribution in [2.24, 2.45) is 5.92 Å². The number of carbonyl (C=O) groups excluding carboxylic acids is 2. The monoisotopic (exact) mass is 263 g/mol. The summed E-state index contributed by atoms with van der Waals surface area (Å²) in [7, 11) is 0. The molecule has 2 amide bonds. The SMILES string of the molecule is O=C1OC[C@H](c2ccccc2)N1C(=O)C1C=C1.S. The Labute approximate surface area is 112 Å². The minimum absolute atomic E-state index is 0. The van der Waals surface area contributed by atoms with Gasteiger partial charge in [0.2, 0.25) is 5.91 Å². The molecule has 1 aliphatic heterocycles. The quantitative estimate of drug-likeness (QED) is 0.767. The average molecular weight is 263 g/mol. The van der Waals surface area contributed by atoms with Crippen LogP contribution in [0.5, 0.6) is 0 Å². The molecule has 0 bridgehead atoms. The zero-order chi connectivity index (χ0) is 11.8. The van der Waals surface area contributed by atoms with Crippen molar-refractivity contribution in [1.29, 1.82) is 0 Å². The molecule has 5 heteroatoms. The van der Waals surface area contributed by atoms with Crippen LogP contribution in [0.3, 0.4) is 0 Å². The third kappa shape index (κ3) is 2.13. The van der Waals surface area contributed by atoms with E-state index in [4.69, 9.17) is 4.74 Å². The van der Waals surface area contributed by atoms with Crippen molar-refractivity contribution >= 4 is 25.5 Å². The summed E-state index contributed by atoms with van der Waals surface area (Å²) in [5.41, 5.74) is 0.923. The Morgan fingerprint density at radius 3 is 2.50 bits per heavy atom. The van der Waals surface area contributed by atoms with Crippen LogP contribution >= 0.6 is 13.5 Å². The first-order chi connectivity index (χ1) is 8.27. The van der Waals surface area contributed by atoms with E-state index in [9.17, 15) is 9.59 Å². The maximum atomic E-state index is 12.0. The zero-order valence-electron chi connectivity index (χ0n) is 9.58. The molecule has 1 saturated heterocycles. The second-order valence-corrected chi connectivity index (χ2v) is 4.12. The van der Waals surface area contributed by atoms with Gasteiger partial charge in [-0.25, -0.2) is 9.69 Å². The van der Waals surface area contributed by atoms with E-state index in [1.807, 2.05) is 30.3 Å². The van der Waals surface area contributed by atoms with E-state index in [1.165, 1.54) is 4.90 Å². The third-order valence-electron chi connectivity index (χ3n) is 2.96. The summed E-state index contributed by atoms with van der Waals surface area (Å²) in [4.78, 5) is 24.8. The summed E-state index contributed by atoms with van der Waals surface area (Å²) in [6.45, 7) is 0.237. The van der Waals surface area contributed by atoms with E-state index in [0.29, 0.717) is 0 Å². The van der Waals surface area contributed by atoms with Crippen molar-refractivity contribution in [1.82, 2.24) is 4.90 Å². The van der Waals surface area contributed by atoms with Crippen LogP contribution in [0.2, 0.25) is 0 Å². The molecule has 0 unspecified atom stereocenters. The molecule has 0 aromatic heterocycles. The van der Waals surface area contributed by atoms with Crippen LogP contribution in [-0.2, 0) is 9.53 Å². The molecule has 3 rings (SSSR count). The highest BCUT2D eigenvalue weighted by molar-refractivity contribution is 7.59. The Bertz CT molecular complexity index is 494. The van der Waals surface area contributed by atoms with Crippen LogP contribution < -0.4 is 0 Å². The number of ether oxygens (including phenoxy) is 1. The standard InChI is InChI=1S/C13H11NO3.H2S/c15-12(10-6-7-10)14-11(8-17-13(14)16)9-4-2-1-3-5-9;/h1-7,10-11H,8H2;1H2/t11-;/m1./s1. The summed E-state index contributed by atoms with van der Waals surface area (Å²) >= 11 is 0. The first kappa shape index (κ1) is 12.7. The van der Waals surface area contributed by atoms with Crippen molar-refractivity contribution in [2.45, 2.75) is 6.04 Å². The van der Waals surface area contributed by atoms with Crippen molar-refractivity contribution < 1.29 is 14.3 Å². The molecule has 0 spiro atoms. The molecule has 1 aromatic rings. The topological polar surface area (TPSA) is 46.6 Å². The van der Waals surface area contributed by atoms with E-state index < -0.39 is 6.09 Å². The predicted molar refractivity (Wildman–Crippen MR) is 70.4 cm³/mol. The van der Waals surface area contributed by atoms with Crippen LogP contribution in [0, 0.1) is 5.92 Å². The van der Waals surface area contributed by atoms with E-state index in [1.54, 1.807) is 12.2 Å². The van der Waals surface area contributed by atoms with Gasteiger partial charge in [0.25, 0.3) is 0 Å². The number of imide groups is 1. The molecular formula is C13H13NO3S. The number of hydrogen-bond donors (Lipinski definition) is 0. The lowest BCUT2D eigenvalue weighted by atomic mass is 10.1. The number of nitrogens with zero attached hydrogens (tertiary/aromatic N) is 1. The van der Waals surface area contributed by atoms with Gasteiger partial charge in [0.05, 0.1) is 5.92 Å². The van der Waals surface area contributed by atoms with Gasteiger partial charge >= 0.3 is 6.09 Å². The molecule has 1 atom stereocenters. The van der Waals surface area contributed by atoms with Gasteiger partial charge < -0.3 is 4.74 Å². The highest BCUT2D eigenvalue weighted by Gasteiger charge is 2.42. The molecule has 2 aliphatic rings. The second-order valence-electron chi connectivity index (χ2n) is 4.12. The largest absolute Gasteiger partial charge is 0.446 e. The second kappa shape index (κ2) is 4.86. The van der Waals surface area contributed by atoms with Gasteiger partial charge in [0.15, 0.2) is 0 Å². The van der Waals surface area contributed by atoms with E-state index in [-0.39, 0.29) is 38.0 Å². The molecule has 0 saturated carbocycles. The summed E-state index contributed by atoms with van der Waals surface area (Å²) < 4.78 is 4.97. The summed E-state index contributed by atoms with van der Waals surface area (Å²) in [6, 6.07) is 9.17. The lowest BCUT2D eigenvalue weighted by Crippen LogP contribution is -2.35. The predicted octanol–water partition coefficient (Wildman–Crippen LogP) is 2.01. The molecule has 0 radical (unpaired) electrons. The molecule has 1 aliphatic carbocycles. The van der Waals surface area contributed by atoms with Crippen molar-refractivity contribution in [3.8, 4) is 0 Å². The number of rotatable bonds is 2. The minimum atomic E-state index is -0.544. The lowest BCUT2D eigenvalue weighted by molar-refractivity contribution is -0.129. The number of hydrogen-bond acceptors (Lipinski definition) is 3. The van der Waals surface area contributed by atoms with Crippen LogP contribution in [0.15, 0.2) is 42.5 Å². The highest BCUT2D eigenvalue weighted by Crippen LogP contribution is 2.31. The molecule has 1 aromatic carbocycles. The summed E-state index contributed by atoms with van der Waals surface area (Å²) in [5, 5.41) is 0. The van der Waals surface area contributed by atoms with Crippen molar-refractivity contribution in [2.75, 3.05) is 6.61 Å². The Kier molecular flexibility index (Phi) is 3.43. The number of carbonyl (C=O) groups is 2. The summed E-state index contributed by atoms with van der Waals surface area (Å²) in [5.74, 6) is -0.409. The Morgan fingerprint density at radius 1 is 1.22 bits per heavy atom. The molecule has 18 heavy (non-hydrogen) atoms. The Balaban J connectivity index is 0.00000120. The first-order valence-electron chi connectivity index (χ1n) is 5.50.